The molecule has 0 radical (unpaired) electrons. The van der Waals surface area contributed by atoms with Crippen LogP contribution in [0.25, 0.3) is 0 Å². The van der Waals surface area contributed by atoms with Gasteiger partial charge in [0.15, 0.2) is 10.1 Å². The van der Waals surface area contributed by atoms with E-state index in [1.54, 1.807) is 0 Å². The Balaban J connectivity index is 5.05. The molecular weight excluding hydrogens is 664 g/mol. The van der Waals surface area contributed by atoms with Crippen molar-refractivity contribution in [1.82, 2.24) is 0 Å². The summed E-state index contributed by atoms with van der Waals surface area (Å²) in [6.07, 6.45) is -35.1. The molecule has 0 aliphatic carbocycles. The summed E-state index contributed by atoms with van der Waals surface area (Å²) in [5.74, 6) is -11.5. The van der Waals surface area contributed by atoms with Gasteiger partial charge in [-0.2, -0.15) is 74.6 Å². The van der Waals surface area contributed by atoms with Crippen LogP contribution in [0.3, 0.4) is 0 Å². The first-order valence-electron chi connectivity index (χ1n) is 9.46. The topological polar surface area (TPSA) is 117 Å². The van der Waals surface area contributed by atoms with Gasteiger partial charge >= 0.3 is 46.8 Å². The second-order valence-corrected chi connectivity index (χ2v) is 9.54. The van der Waals surface area contributed by atoms with Gasteiger partial charge in [0.05, 0.1) is 0 Å². The Hall–Kier alpha value is -1.06. The first kappa shape index (κ1) is 38.9. The Morgan fingerprint density at radius 2 is 0.925 bits per heavy atom. The minimum atomic E-state index is -7.41. The van der Waals surface area contributed by atoms with E-state index in [1.165, 1.54) is 0 Å². The fraction of sp³-hybridized carbons (Fsp3) is 1.00. The first-order chi connectivity index (χ1) is 17.4. The predicted octanol–water partition coefficient (Wildman–Crippen LogP) is 5.60. The summed E-state index contributed by atoms with van der Waals surface area (Å²) in [6.45, 7) is 0. The van der Waals surface area contributed by atoms with E-state index in [0.29, 0.717) is 0 Å². The first-order valence-corrected chi connectivity index (χ1v) is 11.6. The van der Waals surface area contributed by atoms with Gasteiger partial charge in [-0.1, -0.05) is 12.8 Å². The van der Waals surface area contributed by atoms with Crippen molar-refractivity contribution in [2.75, 3.05) is 0 Å². The number of alkyl halides is 16. The maximum atomic E-state index is 13.6. The van der Waals surface area contributed by atoms with Crippen molar-refractivity contribution in [2.45, 2.75) is 85.3 Å². The van der Waals surface area contributed by atoms with E-state index < -0.39 is 107 Å². The van der Waals surface area contributed by atoms with E-state index in [2.05, 4.69) is 14.1 Å². The molecule has 0 fully saturated rings. The molecule has 242 valence electrons. The number of ether oxygens (including phenoxy) is 2. The summed E-state index contributed by atoms with van der Waals surface area (Å²) in [6, 6.07) is 0. The van der Waals surface area contributed by atoms with E-state index in [4.69, 9.17) is 0 Å². The van der Waals surface area contributed by atoms with Gasteiger partial charge in [0.2, 0.25) is 0 Å². The molecule has 26 heteroatoms. The predicted molar refractivity (Wildman–Crippen MR) is 88.9 cm³/mol. The van der Waals surface area contributed by atoms with E-state index in [-0.39, 0.29) is 0 Å². The molecule has 0 unspecified atom stereocenters. The van der Waals surface area contributed by atoms with Crippen LogP contribution in [0.2, 0.25) is 0 Å². The largest absolute Gasteiger partial charge is 0.743 e. The lowest BCUT2D eigenvalue weighted by Gasteiger charge is -2.33. The third-order valence-corrected chi connectivity index (χ3v) is 5.69. The van der Waals surface area contributed by atoms with Crippen molar-refractivity contribution in [3.8, 4) is 0 Å². The van der Waals surface area contributed by atoms with Crippen LogP contribution < -0.4 is 5.26 Å². The van der Waals surface area contributed by atoms with Crippen LogP contribution in [0.4, 0.5) is 70.2 Å². The molecule has 0 bridgehead atoms. The molecule has 0 aromatic rings. The lowest BCUT2D eigenvalue weighted by Crippen LogP contribution is -2.55. The lowest BCUT2D eigenvalue weighted by molar-refractivity contribution is -0.777. The van der Waals surface area contributed by atoms with E-state index in [9.17, 15) is 88.5 Å². The van der Waals surface area contributed by atoms with E-state index in [1.807, 2.05) is 4.74 Å². The smallest absolute Gasteiger partial charge is 0.438 e. The molecule has 0 aromatic heterocycles. The molecule has 0 rings (SSSR count). The third-order valence-electron chi connectivity index (χ3n) is 4.25. The van der Waals surface area contributed by atoms with Crippen LogP contribution in [0.5, 0.6) is 0 Å². The van der Waals surface area contributed by atoms with Gasteiger partial charge in [0.1, 0.15) is 12.0 Å². The molecule has 0 atom stereocenters. The van der Waals surface area contributed by atoms with Crippen molar-refractivity contribution >= 4 is 22.2 Å². The molecule has 0 aliphatic rings. The molecule has 0 N–H and O–H groups in total. The van der Waals surface area contributed by atoms with Crippen molar-refractivity contribution in [2.24, 2.45) is 0 Å². The molecule has 0 saturated heterocycles. The monoisotopic (exact) mass is 676 g/mol. The molecule has 0 saturated carbocycles. The zero-order valence-electron chi connectivity index (χ0n) is 18.4. The number of rotatable bonds is 19. The fourth-order valence-electron chi connectivity index (χ4n) is 2.18. The van der Waals surface area contributed by atoms with Crippen LogP contribution in [0.15, 0.2) is 0 Å². The SMILES string of the molecule is O=S(=O)([O-])C(F)(F)C(F)(F)OC(F)(F)C(F)(F)CCCCCCC(F)(F)C(F)(F)OC(F)(F)C(F)(F)SOO[O-]. The van der Waals surface area contributed by atoms with Crippen molar-refractivity contribution in [3.05, 3.63) is 0 Å². The van der Waals surface area contributed by atoms with Crippen molar-refractivity contribution < 1.29 is 107 Å². The third kappa shape index (κ3) is 9.22. The van der Waals surface area contributed by atoms with E-state index >= 15 is 0 Å². The van der Waals surface area contributed by atoms with E-state index in [0.717, 1.165) is 0 Å². The van der Waals surface area contributed by atoms with Gasteiger partial charge in [-0.15, -0.1) is 0 Å². The number of halogens is 16. The zero-order chi connectivity index (χ0) is 32.3. The number of hydrogen-bond donors (Lipinski definition) is 0. The van der Waals surface area contributed by atoms with Crippen LogP contribution in [-0.4, -0.2) is 59.8 Å². The summed E-state index contributed by atoms with van der Waals surface area (Å²) in [7, 11) is -7.41. The van der Waals surface area contributed by atoms with Gasteiger partial charge < -0.3 is 9.81 Å². The lowest BCUT2D eigenvalue weighted by atomic mass is 10.0. The Morgan fingerprint density at radius 3 is 1.25 bits per heavy atom. The zero-order valence-corrected chi connectivity index (χ0v) is 20.0. The van der Waals surface area contributed by atoms with Crippen LogP contribution in [0, 0.1) is 0 Å². The number of hydrogen-bond acceptors (Lipinski definition) is 9. The Labute approximate surface area is 215 Å². The molecule has 0 amide bonds. The second kappa shape index (κ2) is 12.7. The molecule has 8 nitrogen and oxygen atoms in total. The molecular formula is C14H12F16O8S2-2. The molecule has 0 aliphatic heterocycles. The Kier molecular flexibility index (Phi) is 12.3. The molecule has 0 heterocycles. The van der Waals surface area contributed by atoms with Crippen LogP contribution in [-0.2, 0) is 29.0 Å². The normalized spacial score (nSPS) is 15.6. The molecule has 0 aromatic carbocycles. The molecule has 40 heavy (non-hydrogen) atoms. The quantitative estimate of drug-likeness (QED) is 0.0430. The second-order valence-electron chi connectivity index (χ2n) is 7.30. The van der Waals surface area contributed by atoms with Gasteiger partial charge in [0.25, 0.3) is 0 Å². The van der Waals surface area contributed by atoms with Gasteiger partial charge in [-0.25, -0.2) is 17.9 Å². The minimum absolute atomic E-state index is 0.909. The van der Waals surface area contributed by atoms with Gasteiger partial charge in [-0.3, -0.25) is 5.04 Å². The maximum Gasteiger partial charge on any atom is 0.438 e. The highest BCUT2D eigenvalue weighted by Crippen LogP contribution is 2.51. The average Bonchev–Trinajstić information content (AvgIpc) is 2.71. The minimum Gasteiger partial charge on any atom is -0.743 e. The van der Waals surface area contributed by atoms with Crippen molar-refractivity contribution in [1.29, 1.82) is 0 Å². The summed E-state index contributed by atoms with van der Waals surface area (Å²) in [5, 5.41) is -1.20. The standard InChI is InChI=1S/C14H14F16O8S2/c15-7(16,9(19,20)35-11(23,24)13(27,28)39-38-37-31)5-3-1-2-4-6-8(17,18)10(21,22)36-12(25,26)14(29,30)40(32,33)34/h31H,1-6H2,(H,32,33,34)/p-2. The maximum absolute atomic E-state index is 13.6. The van der Waals surface area contributed by atoms with Gasteiger partial charge in [0, 0.05) is 12.8 Å². The Morgan fingerprint density at radius 1 is 0.575 bits per heavy atom. The Bertz CT molecular complexity index is 931. The summed E-state index contributed by atoms with van der Waals surface area (Å²) < 4.78 is 249. The van der Waals surface area contributed by atoms with Crippen LogP contribution in [0.1, 0.15) is 38.5 Å². The highest BCUT2D eigenvalue weighted by molar-refractivity contribution is 7.95. The fourth-order valence-corrected chi connectivity index (χ4v) is 2.76. The average molecular weight is 676 g/mol. The molecule has 0 spiro atoms. The highest BCUT2D eigenvalue weighted by atomic mass is 32.2. The number of unbranched alkanes of at least 4 members (excludes halogenated alkanes) is 3. The van der Waals surface area contributed by atoms with Crippen molar-refractivity contribution in [3.63, 3.8) is 0 Å². The van der Waals surface area contributed by atoms with Crippen LogP contribution >= 0.6 is 12.0 Å². The highest BCUT2D eigenvalue weighted by Gasteiger charge is 2.72. The summed E-state index contributed by atoms with van der Waals surface area (Å²) in [4.78, 5) is 0. The summed E-state index contributed by atoms with van der Waals surface area (Å²) in [5.41, 5.74) is 0. The summed E-state index contributed by atoms with van der Waals surface area (Å²) >= 11 is -1.89. The van der Waals surface area contributed by atoms with Gasteiger partial charge in [-0.05, 0) is 12.8 Å².